The van der Waals surface area contributed by atoms with E-state index < -0.39 is 53.2 Å². The van der Waals surface area contributed by atoms with E-state index in [2.05, 4.69) is 34.3 Å². The molecule has 2 aromatic carbocycles. The van der Waals surface area contributed by atoms with Crippen molar-refractivity contribution in [3.63, 3.8) is 0 Å². The average molecular weight is 786 g/mol. The molecular weight excluding hydrogens is 767 g/mol. The third kappa shape index (κ3) is 8.93. The maximum Gasteiger partial charge on any atom is 0.236 e. The molecule has 240 valence electrons. The number of hydrogen-bond donors (Lipinski definition) is 0. The van der Waals surface area contributed by atoms with Crippen LogP contribution in [0.1, 0.15) is 34.6 Å². The van der Waals surface area contributed by atoms with Crippen molar-refractivity contribution in [2.45, 2.75) is 23.1 Å². The largest absolute Gasteiger partial charge is 0.474 e. The third-order valence-corrected chi connectivity index (χ3v) is 12.3. The summed E-state index contributed by atoms with van der Waals surface area (Å²) in [7, 11) is -12.3. The zero-order valence-electron chi connectivity index (χ0n) is 22.3. The number of alkyl halides is 6. The molecule has 0 fully saturated rings. The summed E-state index contributed by atoms with van der Waals surface area (Å²) in [6.45, 7) is 1.05. The molecule has 0 N–H and O–H groups in total. The van der Waals surface area contributed by atoms with E-state index in [1.165, 1.54) is 0 Å². The first kappa shape index (κ1) is 34.6. The second-order valence-electron chi connectivity index (χ2n) is 8.80. The molecule has 0 saturated heterocycles. The summed E-state index contributed by atoms with van der Waals surface area (Å²) in [4.78, 5) is 14.1. The molecule has 1 aromatic heterocycles. The van der Waals surface area contributed by atoms with Crippen LogP contribution in [0.5, 0.6) is 0 Å². The van der Waals surface area contributed by atoms with Crippen molar-refractivity contribution in [1.82, 2.24) is 4.98 Å². The minimum Gasteiger partial charge on any atom is -0.474 e. The zero-order chi connectivity index (χ0) is 32.9. The molecule has 0 bridgehead atoms. The number of hydrogen-bond acceptors (Lipinski definition) is 11. The molecule has 2 radical (unpaired) electrons. The molecule has 5 rings (SSSR count). The third-order valence-electron chi connectivity index (χ3n) is 5.71. The number of nitrogens with zero attached hydrogens (tertiary/aromatic N) is 3. The molecule has 3 heterocycles. The van der Waals surface area contributed by atoms with Crippen LogP contribution in [-0.2, 0) is 34.8 Å². The average Bonchev–Trinajstić information content (AvgIpc) is 3.68. The monoisotopic (exact) mass is 787 g/mol. The summed E-state index contributed by atoms with van der Waals surface area (Å²) < 4.78 is 128. The molecule has 45 heavy (non-hydrogen) atoms. The van der Waals surface area contributed by atoms with E-state index in [0.29, 0.717) is 36.4 Å². The minimum atomic E-state index is -6.15. The van der Waals surface area contributed by atoms with E-state index in [1.807, 2.05) is 54.6 Å². The summed E-state index contributed by atoms with van der Waals surface area (Å²) in [5.74, 6) is 1.13. The van der Waals surface area contributed by atoms with Crippen molar-refractivity contribution >= 4 is 54.0 Å². The smallest absolute Gasteiger partial charge is 0.236 e. The number of rotatable bonds is 8. The van der Waals surface area contributed by atoms with Crippen LogP contribution in [-0.4, -0.2) is 79.8 Å². The minimum absolute atomic E-state index is 0.00388. The normalized spacial score (nSPS) is 18.6. The van der Waals surface area contributed by atoms with Crippen LogP contribution >= 0.6 is 0 Å². The number of aliphatic imine (C=N–C) groups is 2. The summed E-state index contributed by atoms with van der Waals surface area (Å²) >= 11 is -3.86. The Bertz CT molecular complexity index is 1630. The number of pyridine rings is 1. The predicted octanol–water partition coefficient (Wildman–Crippen LogP) is 4.37. The number of halogens is 6. The van der Waals surface area contributed by atoms with Gasteiger partial charge in [-0.1, -0.05) is 66.7 Å². The second kappa shape index (κ2) is 14.0. The van der Waals surface area contributed by atoms with Gasteiger partial charge in [-0.25, -0.2) is 15.0 Å². The Morgan fingerprint density at radius 1 is 0.622 bits per heavy atom. The molecule has 11 nitrogen and oxygen atoms in total. The Hall–Kier alpha value is -3.27. The fourth-order valence-corrected chi connectivity index (χ4v) is 7.94. The van der Waals surface area contributed by atoms with E-state index in [1.54, 1.807) is 0 Å². The maximum absolute atomic E-state index is 11.6. The summed E-state index contributed by atoms with van der Waals surface area (Å²) in [5, 5.41) is 0. The van der Waals surface area contributed by atoms with Gasteiger partial charge in [0.15, 0.2) is 0 Å². The van der Waals surface area contributed by atoms with Crippen molar-refractivity contribution in [3.8, 4) is 0 Å². The summed E-state index contributed by atoms with van der Waals surface area (Å²) in [6.07, 6.45) is 0. The molecule has 2 aliphatic rings. The Morgan fingerprint density at radius 3 is 1.36 bits per heavy atom. The van der Waals surface area contributed by atoms with E-state index in [9.17, 15) is 43.2 Å². The Morgan fingerprint density at radius 2 is 1.00 bits per heavy atom. The van der Waals surface area contributed by atoms with Crippen LogP contribution < -0.4 is 0 Å². The van der Waals surface area contributed by atoms with Gasteiger partial charge in [0.25, 0.3) is 0 Å². The number of aromatic nitrogens is 1. The van der Waals surface area contributed by atoms with Crippen LogP contribution in [0.4, 0.5) is 26.3 Å². The number of ether oxygens (including phenoxy) is 2. The second-order valence-corrected chi connectivity index (χ2v) is 15.2. The van der Waals surface area contributed by atoms with Crippen LogP contribution in [0.15, 0.2) is 88.8 Å². The first-order chi connectivity index (χ1) is 21.1. The summed E-state index contributed by atoms with van der Waals surface area (Å²) in [5.41, 5.74) is -8.04. The molecule has 0 saturated carbocycles. The topological polar surface area (TPSA) is 143 Å². The molecule has 0 aliphatic carbocycles. The fraction of sp³-hybridized carbons (Fsp3) is 0.240. The molecular formula is C25H19F6N3O8S2Sn. The Labute approximate surface area is 263 Å². The molecule has 0 spiro atoms. The van der Waals surface area contributed by atoms with Crippen molar-refractivity contribution in [2.75, 3.05) is 13.2 Å². The van der Waals surface area contributed by atoms with Gasteiger partial charge >= 0.3 is 101 Å². The van der Waals surface area contributed by atoms with E-state index in [4.69, 9.17) is 19.5 Å². The molecule has 2 atom stereocenters. The van der Waals surface area contributed by atoms with Gasteiger partial charge in [-0.2, -0.15) is 0 Å². The summed E-state index contributed by atoms with van der Waals surface area (Å²) in [6, 6.07) is 26.1. The Balaban J connectivity index is 0.000000236. The van der Waals surface area contributed by atoms with E-state index >= 15 is 0 Å². The van der Waals surface area contributed by atoms with Gasteiger partial charge in [0.1, 0.15) is 36.7 Å². The molecule has 3 aromatic rings. The van der Waals surface area contributed by atoms with Gasteiger partial charge in [0.2, 0.25) is 11.8 Å². The van der Waals surface area contributed by atoms with Gasteiger partial charge in [0, 0.05) is 0 Å². The van der Waals surface area contributed by atoms with Crippen molar-refractivity contribution < 1.29 is 57.7 Å². The standard InChI is InChI=1S/C23H19N3O2.2CHF3O3S.Sn/c1-3-8-16(9-4-1)20-14-27-22(25-20)18-12-7-13-19(24-18)23-26-21(15-28-23)17-10-5-2-6-11-17;2*2-1(3,4)8(5,6)7;/h1-13,20-21H,14-15H2;2*(H,5,6,7);/q;;;+2/p-2/t20-,21-;;;/m1.../s1. The number of benzene rings is 2. The zero-order valence-corrected chi connectivity index (χ0v) is 26.8. The van der Waals surface area contributed by atoms with Crippen LogP contribution in [0, 0.1) is 0 Å². The van der Waals surface area contributed by atoms with Crippen molar-refractivity contribution in [3.05, 3.63) is 101 Å². The van der Waals surface area contributed by atoms with Crippen LogP contribution in [0.3, 0.4) is 0 Å². The van der Waals surface area contributed by atoms with Gasteiger partial charge in [-0.15, -0.1) is 0 Å². The van der Waals surface area contributed by atoms with E-state index in [-0.39, 0.29) is 12.1 Å². The van der Waals surface area contributed by atoms with E-state index in [0.717, 1.165) is 11.1 Å². The van der Waals surface area contributed by atoms with Crippen molar-refractivity contribution in [1.29, 1.82) is 0 Å². The first-order valence-electron chi connectivity index (χ1n) is 12.3. The molecule has 20 heteroatoms. The predicted molar refractivity (Wildman–Crippen MR) is 145 cm³/mol. The van der Waals surface area contributed by atoms with Gasteiger partial charge in [-0.05, 0) is 23.3 Å². The molecule has 0 unspecified atom stereocenters. The first-order valence-corrected chi connectivity index (χ1v) is 17.5. The SMILES string of the molecule is O=S(=O)([O][Sn][O]S(=O)(=O)C(F)(F)F)C(F)(F)F.c1ccc([C@H]2COC(c3cccc(C4=N[C@@H](c5ccccc5)CO4)n3)=N2)cc1. The van der Waals surface area contributed by atoms with Gasteiger partial charge in [0.05, 0.1) is 0 Å². The molecule has 2 aliphatic heterocycles. The van der Waals surface area contributed by atoms with Crippen LogP contribution in [0.25, 0.3) is 0 Å². The molecule has 0 amide bonds. The Kier molecular flexibility index (Phi) is 10.8. The van der Waals surface area contributed by atoms with Gasteiger partial charge < -0.3 is 9.47 Å². The quantitative estimate of drug-likeness (QED) is 0.185. The van der Waals surface area contributed by atoms with Crippen molar-refractivity contribution in [2.24, 2.45) is 9.98 Å². The van der Waals surface area contributed by atoms with Gasteiger partial charge in [-0.3, -0.25) is 0 Å². The fourth-order valence-electron chi connectivity index (χ4n) is 3.59. The van der Waals surface area contributed by atoms with Crippen LogP contribution in [0.2, 0.25) is 0 Å². The maximum atomic E-state index is 11.6.